The highest BCUT2D eigenvalue weighted by Crippen LogP contribution is 2.34. The fourth-order valence-electron chi connectivity index (χ4n) is 5.74. The fraction of sp³-hybridized carbons (Fsp3) is 0.150. The first kappa shape index (κ1) is 42.7. The van der Waals surface area contributed by atoms with Crippen molar-refractivity contribution in [3.8, 4) is 23.0 Å². The summed E-state index contributed by atoms with van der Waals surface area (Å²) >= 11 is 0. The van der Waals surface area contributed by atoms with Gasteiger partial charge in [0.25, 0.3) is 17.3 Å². The maximum atomic E-state index is 11.7. The predicted octanol–water partition coefficient (Wildman–Crippen LogP) is 7.69. The van der Waals surface area contributed by atoms with Crippen LogP contribution >= 0.6 is 0 Å². The number of aromatic nitrogens is 2. The molecule has 308 valence electrons. The number of aryl methyl sites for hydroxylation is 4. The van der Waals surface area contributed by atoms with Gasteiger partial charge in [0.2, 0.25) is 11.6 Å². The zero-order chi connectivity index (χ0) is 44.0. The molecule has 20 heteroatoms. The number of nitro groups is 2. The molecule has 0 fully saturated rings. The molecule has 0 aliphatic carbocycles. The molecule has 0 amide bonds. The molecule has 7 aromatic rings. The number of ether oxygens (including phenoxy) is 2. The van der Waals surface area contributed by atoms with Crippen molar-refractivity contribution in [3.63, 3.8) is 0 Å². The average Bonchev–Trinajstić information content (AvgIpc) is 4.03. The molecule has 4 N–H and O–H groups in total. The van der Waals surface area contributed by atoms with Crippen molar-refractivity contribution < 1.29 is 57.4 Å². The van der Waals surface area contributed by atoms with E-state index in [1.165, 1.54) is 31.4 Å². The molecular formula is C40H34N6O14. The Morgan fingerprint density at radius 1 is 0.733 bits per heavy atom. The van der Waals surface area contributed by atoms with E-state index in [1.807, 2.05) is 52.0 Å². The van der Waals surface area contributed by atoms with E-state index in [4.69, 9.17) is 29.4 Å². The van der Waals surface area contributed by atoms with E-state index in [-0.39, 0.29) is 45.4 Å². The number of hydrogen-bond acceptors (Lipinski definition) is 16. The van der Waals surface area contributed by atoms with Crippen LogP contribution in [-0.2, 0) is 9.47 Å². The van der Waals surface area contributed by atoms with Crippen LogP contribution in [0, 0.1) is 47.9 Å². The van der Waals surface area contributed by atoms with Crippen molar-refractivity contribution >= 4 is 57.1 Å². The maximum absolute atomic E-state index is 11.7. The highest BCUT2D eigenvalue weighted by Gasteiger charge is 2.25. The highest BCUT2D eigenvalue weighted by molar-refractivity contribution is 6.02. The monoisotopic (exact) mass is 822 g/mol. The fourth-order valence-corrected chi connectivity index (χ4v) is 5.74. The van der Waals surface area contributed by atoms with Crippen LogP contribution in [0.3, 0.4) is 0 Å². The number of methoxy groups -OCH3 is 2. The number of furan rings is 2. The van der Waals surface area contributed by atoms with Crippen LogP contribution in [0.2, 0.25) is 0 Å². The topological polar surface area (TPSA) is 300 Å². The molecule has 0 spiro atoms. The van der Waals surface area contributed by atoms with Crippen molar-refractivity contribution in [2.24, 2.45) is 10.9 Å². The second-order valence-corrected chi connectivity index (χ2v) is 12.8. The zero-order valence-electron chi connectivity index (χ0n) is 32.5. The van der Waals surface area contributed by atoms with E-state index in [2.05, 4.69) is 24.8 Å². The quantitative estimate of drug-likeness (QED) is 0.0330. The molecule has 0 radical (unpaired) electrons. The maximum Gasteiger partial charge on any atom is 0.371 e. The molecule has 0 atom stereocenters. The van der Waals surface area contributed by atoms with Crippen LogP contribution in [0.25, 0.3) is 45.0 Å². The van der Waals surface area contributed by atoms with E-state index in [1.54, 1.807) is 12.1 Å². The van der Waals surface area contributed by atoms with E-state index < -0.39 is 39.3 Å². The molecule has 0 saturated carbocycles. The number of aromatic carboxylic acids is 1. The van der Waals surface area contributed by atoms with Gasteiger partial charge in [0, 0.05) is 22.9 Å². The van der Waals surface area contributed by atoms with Crippen LogP contribution in [0.15, 0.2) is 91.3 Å². The number of nitrogens with zero attached hydrogens (tertiary/aromatic N) is 5. The number of fused-ring (bicyclic) bond motifs is 2. The van der Waals surface area contributed by atoms with Crippen molar-refractivity contribution in [2.45, 2.75) is 27.7 Å². The number of carboxylic acids is 1. The van der Waals surface area contributed by atoms with Crippen LogP contribution in [0.5, 0.6) is 0 Å². The largest absolute Gasteiger partial charge is 0.475 e. The second-order valence-electron chi connectivity index (χ2n) is 12.8. The molecule has 4 aromatic carbocycles. The van der Waals surface area contributed by atoms with Crippen molar-refractivity contribution in [1.82, 2.24) is 10.1 Å². The Bertz CT molecular complexity index is 2770. The van der Waals surface area contributed by atoms with Gasteiger partial charge in [-0.15, -0.1) is 0 Å². The number of carbonyl (C=O) groups excluding carboxylic acids is 2. The van der Waals surface area contributed by atoms with Crippen molar-refractivity contribution in [1.29, 1.82) is 0 Å². The van der Waals surface area contributed by atoms with E-state index >= 15 is 0 Å². The van der Waals surface area contributed by atoms with Gasteiger partial charge in [0.15, 0.2) is 11.6 Å². The number of esters is 2. The summed E-state index contributed by atoms with van der Waals surface area (Å²) in [6.07, 6.45) is 0. The van der Waals surface area contributed by atoms with Gasteiger partial charge >= 0.3 is 17.9 Å². The number of hydrogen-bond donors (Lipinski definition) is 3. The molecule has 7 rings (SSSR count). The van der Waals surface area contributed by atoms with Gasteiger partial charge in [-0.05, 0) is 86.3 Å². The summed E-state index contributed by atoms with van der Waals surface area (Å²) in [5.41, 5.74) is 9.96. The van der Waals surface area contributed by atoms with Crippen LogP contribution in [-0.4, -0.2) is 68.3 Å². The molecule has 60 heavy (non-hydrogen) atoms. The molecule has 0 bridgehead atoms. The summed E-state index contributed by atoms with van der Waals surface area (Å²) in [6, 6.07) is 18.6. The highest BCUT2D eigenvalue weighted by atomic mass is 16.6. The Morgan fingerprint density at radius 2 is 1.25 bits per heavy atom. The van der Waals surface area contributed by atoms with Gasteiger partial charge < -0.3 is 38.9 Å². The first-order chi connectivity index (χ1) is 28.5. The van der Waals surface area contributed by atoms with Crippen LogP contribution in [0.1, 0.15) is 59.1 Å². The molecule has 0 aliphatic rings. The van der Waals surface area contributed by atoms with E-state index in [0.717, 1.165) is 52.3 Å². The SMILES string of the molecule is COC(=O)c1ccc(-c2noc(-c3cc4c(C)ccc(C)c4o3)n2)c([N+](=O)[O-])c1.COC(=O)c1ccc(/C(N)=N/O)c([N+](=O)[O-])c1.Cc1ccc(C)c2oc(C(=O)O)cc12. The lowest BCUT2D eigenvalue weighted by Crippen LogP contribution is -2.16. The number of oxime groups is 1. The van der Waals surface area contributed by atoms with Crippen LogP contribution in [0.4, 0.5) is 11.4 Å². The lowest BCUT2D eigenvalue weighted by Gasteiger charge is -2.03. The van der Waals surface area contributed by atoms with E-state index in [0.29, 0.717) is 16.9 Å². The standard InChI is InChI=1S/C20H15N3O6.C11H10O3.C9H9N3O5/c1-10-4-5-11(2)17-14(10)9-16(28-17)19-21-18(22-29-19)13-7-6-12(20(24)27-3)8-15(13)23(25)26;1-6-3-4-7(2)10-8(6)5-9(14-10)11(12)13;1-17-9(13)5-2-3-6(8(10)11-14)7(4-5)12(15)16/h4-9H,1-3H3;3-5H,1-2H3,(H,12,13);2-4,14H,1H3,(H2,10,11). The zero-order valence-corrected chi connectivity index (χ0v) is 32.5. The Balaban J connectivity index is 0.000000187. The number of nitrogens with two attached hydrogens (primary N) is 1. The van der Waals surface area contributed by atoms with Gasteiger partial charge in [-0.25, -0.2) is 14.4 Å². The third-order valence-corrected chi connectivity index (χ3v) is 8.90. The summed E-state index contributed by atoms with van der Waals surface area (Å²) < 4.78 is 25.4. The molecule has 20 nitrogen and oxygen atoms in total. The third kappa shape index (κ3) is 8.91. The molecule has 0 aliphatic heterocycles. The van der Waals surface area contributed by atoms with Crippen LogP contribution < -0.4 is 5.73 Å². The van der Waals surface area contributed by atoms with Crippen molar-refractivity contribution in [2.75, 3.05) is 14.2 Å². The van der Waals surface area contributed by atoms with Crippen molar-refractivity contribution in [3.05, 3.63) is 138 Å². The Labute approximate surface area is 337 Å². The summed E-state index contributed by atoms with van der Waals surface area (Å²) in [4.78, 5) is 58.7. The number of nitro benzene ring substituents is 2. The normalized spacial score (nSPS) is 10.9. The number of benzene rings is 4. The molecular weight excluding hydrogens is 788 g/mol. The molecule has 3 aromatic heterocycles. The van der Waals surface area contributed by atoms with Gasteiger partial charge in [0.05, 0.1) is 40.8 Å². The Hall–Kier alpha value is -8.42. The lowest BCUT2D eigenvalue weighted by atomic mass is 10.1. The smallest absolute Gasteiger partial charge is 0.371 e. The van der Waals surface area contributed by atoms with Gasteiger partial charge in [-0.3, -0.25) is 20.2 Å². The molecule has 0 saturated heterocycles. The third-order valence-electron chi connectivity index (χ3n) is 8.90. The minimum atomic E-state index is -1.03. The van der Waals surface area contributed by atoms with Gasteiger partial charge in [-0.2, -0.15) is 4.98 Å². The minimum Gasteiger partial charge on any atom is -0.475 e. The predicted molar refractivity (Wildman–Crippen MR) is 212 cm³/mol. The number of amidine groups is 1. The molecule has 3 heterocycles. The first-order valence-electron chi connectivity index (χ1n) is 17.3. The van der Waals surface area contributed by atoms with E-state index in [9.17, 15) is 34.6 Å². The van der Waals surface area contributed by atoms with Gasteiger partial charge in [0.1, 0.15) is 16.7 Å². The Kier molecular flexibility index (Phi) is 12.7. The number of carbonyl (C=O) groups is 3. The van der Waals surface area contributed by atoms with Gasteiger partial charge in [-0.1, -0.05) is 34.6 Å². The first-order valence-corrected chi connectivity index (χ1v) is 17.3. The lowest BCUT2D eigenvalue weighted by molar-refractivity contribution is -0.385. The molecule has 0 unspecified atom stereocenters. The summed E-state index contributed by atoms with van der Waals surface area (Å²) in [6.45, 7) is 7.73. The summed E-state index contributed by atoms with van der Waals surface area (Å²) in [7, 11) is 2.36. The Morgan fingerprint density at radius 3 is 1.75 bits per heavy atom. The second kappa shape index (κ2) is 17.8. The number of carboxylic acid groups (broad SMARTS) is 1. The minimum absolute atomic E-state index is 0.00241. The average molecular weight is 823 g/mol. The number of rotatable bonds is 8. The summed E-state index contributed by atoms with van der Waals surface area (Å²) in [5, 5.41) is 47.8. The summed E-state index contributed by atoms with van der Waals surface area (Å²) in [5.74, 6) is -2.35.